The molecule has 318 valence electrons. The fourth-order valence-corrected chi connectivity index (χ4v) is 10.6. The molecule has 0 bridgehead atoms. The van der Waals surface area contributed by atoms with Gasteiger partial charge in [0.1, 0.15) is 17.2 Å². The molecular weight excluding hydrogens is 741 g/mol. The highest BCUT2D eigenvalue weighted by Gasteiger charge is 2.65. The van der Waals surface area contributed by atoms with Crippen LogP contribution in [0.1, 0.15) is 124 Å². The maximum Gasteiger partial charge on any atom is 0.192 e. The minimum absolute atomic E-state index is 0.00194. The van der Waals surface area contributed by atoms with Gasteiger partial charge in [-0.05, 0) is 86.4 Å². The lowest BCUT2D eigenvalue weighted by atomic mass is 9.79. The largest absolute Gasteiger partial charge is 0.416 e. The summed E-state index contributed by atoms with van der Waals surface area (Å²) in [7, 11) is -9.57. The van der Waals surface area contributed by atoms with E-state index in [0.717, 1.165) is 0 Å². The topological polar surface area (TPSA) is 83.6 Å². The van der Waals surface area contributed by atoms with Crippen LogP contribution < -0.4 is 0 Å². The van der Waals surface area contributed by atoms with Gasteiger partial charge in [0, 0.05) is 32.0 Å². The van der Waals surface area contributed by atoms with Crippen molar-refractivity contribution >= 4 is 44.8 Å². The quantitative estimate of drug-likeness (QED) is 0.0686. The van der Waals surface area contributed by atoms with Gasteiger partial charge in [0.25, 0.3) is 0 Å². The molecular formula is C43H88O7Si4. The molecule has 1 saturated heterocycles. The zero-order valence-corrected chi connectivity index (χ0v) is 43.8. The summed E-state index contributed by atoms with van der Waals surface area (Å²) in [5, 5.41) is -0.370. The summed E-state index contributed by atoms with van der Waals surface area (Å²) in [4.78, 5) is 29.5. The molecule has 1 fully saturated rings. The molecule has 1 heterocycles. The van der Waals surface area contributed by atoms with Crippen molar-refractivity contribution in [2.75, 3.05) is 13.2 Å². The van der Waals surface area contributed by atoms with Crippen LogP contribution in [0.4, 0.5) is 0 Å². The van der Waals surface area contributed by atoms with E-state index in [9.17, 15) is 4.79 Å². The van der Waals surface area contributed by atoms with Crippen LogP contribution in [0.5, 0.6) is 0 Å². The van der Waals surface area contributed by atoms with Crippen molar-refractivity contribution in [1.82, 2.24) is 0 Å². The molecule has 0 spiro atoms. The van der Waals surface area contributed by atoms with E-state index in [0.29, 0.717) is 6.42 Å². The van der Waals surface area contributed by atoms with Crippen molar-refractivity contribution in [3.05, 3.63) is 12.2 Å². The van der Waals surface area contributed by atoms with Gasteiger partial charge in [-0.1, -0.05) is 109 Å². The first-order chi connectivity index (χ1) is 23.8. The van der Waals surface area contributed by atoms with Crippen LogP contribution in [-0.2, 0) is 32.0 Å². The van der Waals surface area contributed by atoms with E-state index in [1.54, 1.807) is 0 Å². The molecule has 1 rings (SSSR count). The fourth-order valence-electron chi connectivity index (χ4n) is 5.78. The maximum absolute atomic E-state index is 16.0. The number of hydrogen-bond donors (Lipinski definition) is 0. The van der Waals surface area contributed by atoms with E-state index in [1.807, 2.05) is 13.8 Å². The Hall–Kier alpha value is -0.252. The first kappa shape index (κ1) is 51.8. The lowest BCUT2D eigenvalue weighted by Gasteiger charge is -2.46. The van der Waals surface area contributed by atoms with Crippen molar-refractivity contribution in [1.29, 1.82) is 0 Å². The van der Waals surface area contributed by atoms with Gasteiger partial charge in [0.15, 0.2) is 33.3 Å². The Balaban J connectivity index is 4.25. The molecule has 0 amide bonds. The molecule has 0 unspecified atom stereocenters. The maximum atomic E-state index is 16.0. The third-order valence-corrected chi connectivity index (χ3v) is 32.1. The monoisotopic (exact) mass is 829 g/mol. The first-order valence-corrected chi connectivity index (χ1v) is 32.5. The fraction of sp³-hybridized carbons (Fsp3) is 0.907. The number of rotatable bonds is 20. The molecule has 0 aromatic rings. The molecule has 1 aliphatic rings. The number of epoxide rings is 1. The molecule has 0 aliphatic carbocycles. The highest BCUT2D eigenvalue weighted by molar-refractivity contribution is 6.75. The standard InChI is InChI=1S/C43H88O7Si4/c1-25-27-31(3)37-43(16,48-37)38(50-54(23,24)42(13,14)15)34(30-47-52(19,20)40(7,8)9)36(45)33(29-46-51(17,18)39(4,5)6)35(28-32(44)26-2)49-53(21,22)41(10,11)12/h25,27,31,33-35,37-38H,26,28-30H2,1-24H3/b27-25-/t31-,33+,34-,35-,37+,38-,43-/m0/s1. The molecule has 7 atom stereocenters. The Labute approximate surface area is 338 Å². The van der Waals surface area contributed by atoms with Crippen molar-refractivity contribution in [3.8, 4) is 0 Å². The van der Waals surface area contributed by atoms with E-state index < -0.39 is 62.9 Å². The second-order valence-corrected chi connectivity index (χ2v) is 41.8. The number of allylic oxidation sites excluding steroid dienone is 1. The average molecular weight is 830 g/mol. The van der Waals surface area contributed by atoms with E-state index in [4.69, 9.17) is 22.4 Å². The zero-order valence-electron chi connectivity index (χ0n) is 39.8. The van der Waals surface area contributed by atoms with E-state index >= 15 is 4.79 Å². The van der Waals surface area contributed by atoms with Crippen LogP contribution in [-0.4, -0.2) is 82.0 Å². The summed E-state index contributed by atoms with van der Waals surface area (Å²) in [6, 6.07) is 0. The van der Waals surface area contributed by atoms with E-state index in [1.165, 1.54) is 0 Å². The summed E-state index contributed by atoms with van der Waals surface area (Å²) < 4.78 is 35.5. The Morgan fingerprint density at radius 3 is 1.44 bits per heavy atom. The van der Waals surface area contributed by atoms with Gasteiger partial charge in [-0.2, -0.15) is 0 Å². The lowest BCUT2D eigenvalue weighted by Crippen LogP contribution is -2.57. The van der Waals surface area contributed by atoms with E-state index in [2.05, 4.69) is 161 Å². The van der Waals surface area contributed by atoms with Gasteiger partial charge < -0.3 is 22.4 Å². The van der Waals surface area contributed by atoms with Crippen LogP contribution in [0, 0.1) is 17.8 Å². The smallest absolute Gasteiger partial charge is 0.192 e. The average Bonchev–Trinajstić information content (AvgIpc) is 3.66. The van der Waals surface area contributed by atoms with Crippen molar-refractivity contribution in [3.63, 3.8) is 0 Å². The molecule has 54 heavy (non-hydrogen) atoms. The Bertz CT molecular complexity index is 1280. The van der Waals surface area contributed by atoms with Crippen LogP contribution in [0.15, 0.2) is 12.2 Å². The number of hydrogen-bond acceptors (Lipinski definition) is 7. The Kier molecular flexibility index (Phi) is 17.2. The summed E-state index contributed by atoms with van der Waals surface area (Å²) in [6.07, 6.45) is 3.48. The van der Waals surface area contributed by atoms with Crippen LogP contribution in [0.2, 0.25) is 72.5 Å². The zero-order chi connectivity index (χ0) is 42.9. The molecule has 1 aliphatic heterocycles. The van der Waals surface area contributed by atoms with Gasteiger partial charge in [0.05, 0.1) is 30.1 Å². The van der Waals surface area contributed by atoms with Gasteiger partial charge >= 0.3 is 0 Å². The minimum atomic E-state index is -2.47. The Morgan fingerprint density at radius 1 is 0.685 bits per heavy atom. The number of carbonyl (C=O) groups is 2. The molecule has 7 nitrogen and oxygen atoms in total. The van der Waals surface area contributed by atoms with Crippen molar-refractivity contribution in [2.45, 2.75) is 220 Å². The number of carbonyl (C=O) groups excluding carboxylic acids is 2. The Morgan fingerprint density at radius 2 is 1.07 bits per heavy atom. The molecule has 0 N–H and O–H groups in total. The van der Waals surface area contributed by atoms with Crippen LogP contribution in [0.3, 0.4) is 0 Å². The van der Waals surface area contributed by atoms with E-state index in [-0.39, 0.29) is 63.4 Å². The summed E-state index contributed by atoms with van der Waals surface area (Å²) in [5.74, 6) is -1.15. The number of ether oxygens (including phenoxy) is 1. The summed E-state index contributed by atoms with van der Waals surface area (Å²) in [6.45, 7) is 53.2. The first-order valence-electron chi connectivity index (χ1n) is 20.8. The highest BCUT2D eigenvalue weighted by atomic mass is 28.4. The second kappa shape index (κ2) is 17.9. The van der Waals surface area contributed by atoms with Crippen molar-refractivity contribution < 1.29 is 32.0 Å². The predicted molar refractivity (Wildman–Crippen MR) is 240 cm³/mol. The SMILES string of the molecule is C/C=C\[C@H](C)[C@H]1O[C@]1(C)[C@@H](O[Si](C)(C)C(C)(C)C)[C@@H](CO[Si](C)(C)C(C)(C)C)C(=O)[C@H](CO[Si](C)(C)C(C)(C)C)[C@H](CC(=O)CC)O[Si](C)(C)C(C)(C)C. The third-order valence-electron chi connectivity index (χ3n) is 14.1. The van der Waals surface area contributed by atoms with Gasteiger partial charge in [-0.15, -0.1) is 0 Å². The van der Waals surface area contributed by atoms with Crippen LogP contribution in [0.25, 0.3) is 0 Å². The minimum Gasteiger partial charge on any atom is -0.416 e. The predicted octanol–water partition coefficient (Wildman–Crippen LogP) is 12.4. The van der Waals surface area contributed by atoms with Gasteiger partial charge in [-0.3, -0.25) is 9.59 Å². The molecule has 0 aromatic carbocycles. The number of ketones is 2. The normalized spacial score (nSPS) is 22.6. The third kappa shape index (κ3) is 12.9. The van der Waals surface area contributed by atoms with Gasteiger partial charge in [0.2, 0.25) is 0 Å². The summed E-state index contributed by atoms with van der Waals surface area (Å²) >= 11 is 0. The second-order valence-electron chi connectivity index (χ2n) is 22.7. The van der Waals surface area contributed by atoms with Gasteiger partial charge in [-0.25, -0.2) is 0 Å². The summed E-state index contributed by atoms with van der Waals surface area (Å²) in [5.41, 5.74) is -0.717. The number of Topliss-reactive ketones (excluding diaryl/α,β-unsaturated/α-hetero) is 2. The molecule has 11 heteroatoms. The van der Waals surface area contributed by atoms with Crippen LogP contribution >= 0.6 is 0 Å². The molecule has 0 aromatic heterocycles. The van der Waals surface area contributed by atoms with Crippen molar-refractivity contribution in [2.24, 2.45) is 17.8 Å². The molecule has 0 saturated carbocycles. The highest BCUT2D eigenvalue weighted by Crippen LogP contribution is 2.52. The lowest BCUT2D eigenvalue weighted by molar-refractivity contribution is -0.139. The molecule has 0 radical (unpaired) electrons.